The van der Waals surface area contributed by atoms with E-state index in [1.807, 2.05) is 0 Å². The fourth-order valence-corrected chi connectivity index (χ4v) is 5.67. The molecule has 0 fully saturated rings. The molecule has 0 aromatic rings. The Labute approximate surface area is 303 Å². The third-order valence-corrected chi connectivity index (χ3v) is 8.85. The smallest absolute Gasteiger partial charge is 0.306 e. The maximum atomic E-state index is 12.2. The van der Waals surface area contributed by atoms with E-state index >= 15 is 0 Å². The molecule has 0 aromatic carbocycles. The van der Waals surface area contributed by atoms with Gasteiger partial charge < -0.3 is 14.6 Å². The van der Waals surface area contributed by atoms with Gasteiger partial charge in [0.25, 0.3) is 0 Å². The van der Waals surface area contributed by atoms with E-state index in [0.717, 1.165) is 64.2 Å². The fraction of sp³-hybridized carbons (Fsp3) is 0.773. The number of carbonyl (C=O) groups is 2. The van der Waals surface area contributed by atoms with Gasteiger partial charge in [-0.3, -0.25) is 9.59 Å². The van der Waals surface area contributed by atoms with Crippen LogP contribution in [-0.2, 0) is 19.1 Å². The van der Waals surface area contributed by atoms with Crippen LogP contribution in [0.25, 0.3) is 0 Å². The van der Waals surface area contributed by atoms with Gasteiger partial charge in [0.05, 0.1) is 6.61 Å². The normalized spacial score (nSPS) is 12.6. The van der Waals surface area contributed by atoms with Gasteiger partial charge in [-0.2, -0.15) is 0 Å². The lowest BCUT2D eigenvalue weighted by Crippen LogP contribution is -2.28. The second-order valence-corrected chi connectivity index (χ2v) is 13.7. The van der Waals surface area contributed by atoms with Crippen molar-refractivity contribution in [3.63, 3.8) is 0 Å². The van der Waals surface area contributed by atoms with Crippen LogP contribution < -0.4 is 0 Å². The van der Waals surface area contributed by atoms with Gasteiger partial charge in [0.2, 0.25) is 0 Å². The number of aliphatic hydroxyl groups excluding tert-OH is 1. The summed E-state index contributed by atoms with van der Waals surface area (Å²) < 4.78 is 10.6. The summed E-state index contributed by atoms with van der Waals surface area (Å²) >= 11 is 0. The summed E-state index contributed by atoms with van der Waals surface area (Å²) in [6.45, 7) is 4.10. The molecule has 0 aliphatic heterocycles. The van der Waals surface area contributed by atoms with Crippen LogP contribution in [0, 0.1) is 0 Å². The molecule has 0 rings (SSSR count). The van der Waals surface area contributed by atoms with Crippen molar-refractivity contribution < 1.29 is 24.2 Å². The lowest BCUT2D eigenvalue weighted by molar-refractivity contribution is -0.161. The van der Waals surface area contributed by atoms with Crippen LogP contribution in [0.5, 0.6) is 0 Å². The summed E-state index contributed by atoms with van der Waals surface area (Å²) in [5.74, 6) is -0.615. The summed E-state index contributed by atoms with van der Waals surface area (Å²) in [6.07, 6.45) is 50.3. The number of hydrogen-bond donors (Lipinski definition) is 1. The van der Waals surface area contributed by atoms with E-state index < -0.39 is 6.10 Å². The summed E-state index contributed by atoms with van der Waals surface area (Å²) in [7, 11) is 0. The van der Waals surface area contributed by atoms with E-state index in [1.54, 1.807) is 0 Å². The van der Waals surface area contributed by atoms with E-state index in [9.17, 15) is 14.7 Å². The molecule has 0 saturated carbocycles. The van der Waals surface area contributed by atoms with Crippen molar-refractivity contribution in [3.05, 3.63) is 48.6 Å². The molecule has 0 aliphatic rings. The van der Waals surface area contributed by atoms with Crippen LogP contribution >= 0.6 is 0 Å². The van der Waals surface area contributed by atoms with Crippen molar-refractivity contribution in [3.8, 4) is 0 Å². The fourth-order valence-electron chi connectivity index (χ4n) is 5.67. The summed E-state index contributed by atoms with van der Waals surface area (Å²) in [5, 5.41) is 9.56. The average Bonchev–Trinajstić information content (AvgIpc) is 3.10. The molecule has 1 unspecified atom stereocenters. The van der Waals surface area contributed by atoms with Gasteiger partial charge >= 0.3 is 11.9 Å². The zero-order chi connectivity index (χ0) is 35.7. The third kappa shape index (κ3) is 38.5. The molecule has 0 heterocycles. The van der Waals surface area contributed by atoms with Gasteiger partial charge in [0.15, 0.2) is 6.10 Å². The Morgan fingerprint density at radius 2 is 0.816 bits per heavy atom. The topological polar surface area (TPSA) is 72.8 Å². The first kappa shape index (κ1) is 46.9. The van der Waals surface area contributed by atoms with Crippen LogP contribution in [0.2, 0.25) is 0 Å². The monoisotopic (exact) mass is 687 g/mol. The van der Waals surface area contributed by atoms with E-state index in [4.69, 9.17) is 9.47 Å². The molecule has 1 atom stereocenters. The predicted molar refractivity (Wildman–Crippen MR) is 210 cm³/mol. The number of ether oxygens (including phenoxy) is 2. The first-order valence-electron chi connectivity index (χ1n) is 20.7. The number of aliphatic hydroxyl groups is 1. The average molecular weight is 687 g/mol. The van der Waals surface area contributed by atoms with Gasteiger partial charge in [-0.15, -0.1) is 0 Å². The van der Waals surface area contributed by atoms with Crippen molar-refractivity contribution in [2.45, 2.75) is 206 Å². The molecule has 5 heteroatoms. The second-order valence-electron chi connectivity index (χ2n) is 13.7. The molecule has 0 bridgehead atoms. The Balaban J connectivity index is 3.60. The number of unbranched alkanes of at least 4 members (excludes halogenated alkanes) is 21. The molecule has 1 N–H and O–H groups in total. The number of allylic oxidation sites excluding steroid dienone is 8. The molecule has 0 saturated heterocycles. The van der Waals surface area contributed by atoms with Crippen molar-refractivity contribution in [1.29, 1.82) is 0 Å². The molecule has 0 aromatic heterocycles. The predicted octanol–water partition coefficient (Wildman–Crippen LogP) is 13.0. The molecule has 0 spiro atoms. The Morgan fingerprint density at radius 1 is 0.469 bits per heavy atom. The number of esters is 2. The Kier molecular flexibility index (Phi) is 38.5. The van der Waals surface area contributed by atoms with E-state index in [2.05, 4.69) is 62.5 Å². The zero-order valence-electron chi connectivity index (χ0n) is 32.2. The van der Waals surface area contributed by atoms with Crippen molar-refractivity contribution in [2.24, 2.45) is 0 Å². The van der Waals surface area contributed by atoms with Gasteiger partial charge in [0.1, 0.15) is 6.61 Å². The maximum Gasteiger partial charge on any atom is 0.306 e. The minimum absolute atomic E-state index is 0.0760. The number of carbonyl (C=O) groups excluding carboxylic acids is 2. The summed E-state index contributed by atoms with van der Waals surface area (Å²) in [5.41, 5.74) is 0. The van der Waals surface area contributed by atoms with E-state index in [-0.39, 0.29) is 25.2 Å². The van der Waals surface area contributed by atoms with Crippen LogP contribution in [0.4, 0.5) is 0 Å². The molecule has 49 heavy (non-hydrogen) atoms. The molecule has 5 nitrogen and oxygen atoms in total. The molecule has 0 radical (unpaired) electrons. The molecular weight excluding hydrogens is 608 g/mol. The second kappa shape index (κ2) is 40.3. The molecule has 0 amide bonds. The number of rotatable bonds is 37. The molecular formula is C44H78O5. The highest BCUT2D eigenvalue weighted by Gasteiger charge is 2.16. The lowest BCUT2D eigenvalue weighted by atomic mass is 10.1. The van der Waals surface area contributed by atoms with Gasteiger partial charge in [-0.05, 0) is 77.0 Å². The first-order valence-corrected chi connectivity index (χ1v) is 20.7. The van der Waals surface area contributed by atoms with Gasteiger partial charge in [-0.25, -0.2) is 0 Å². The Morgan fingerprint density at radius 3 is 1.24 bits per heavy atom. The van der Waals surface area contributed by atoms with Crippen LogP contribution in [0.15, 0.2) is 48.6 Å². The molecule has 0 aliphatic carbocycles. The first-order chi connectivity index (χ1) is 24.1. The lowest BCUT2D eigenvalue weighted by Gasteiger charge is -2.15. The Hall–Kier alpha value is -2.14. The van der Waals surface area contributed by atoms with Crippen LogP contribution in [-0.4, -0.2) is 36.4 Å². The summed E-state index contributed by atoms with van der Waals surface area (Å²) in [4.78, 5) is 24.3. The largest absolute Gasteiger partial charge is 0.462 e. The van der Waals surface area contributed by atoms with Gasteiger partial charge in [-0.1, -0.05) is 159 Å². The van der Waals surface area contributed by atoms with Crippen molar-refractivity contribution in [1.82, 2.24) is 0 Å². The van der Waals surface area contributed by atoms with Crippen LogP contribution in [0.3, 0.4) is 0 Å². The van der Waals surface area contributed by atoms with Crippen molar-refractivity contribution >= 4 is 11.9 Å². The standard InChI is InChI=1S/C44H78O5/c1-3-5-7-9-11-13-15-17-19-20-21-22-23-24-25-27-29-31-33-35-37-39-44(47)49-42(40-45)41-48-43(46)38-36-34-32-30-28-26-18-16-14-12-10-8-6-4-2/h15-18,20-21,23-24,42,45H,3-14,19,22,25-41H2,1-2H3/b17-15-,18-16-,21-20-,24-23-. The van der Waals surface area contributed by atoms with Crippen LogP contribution in [0.1, 0.15) is 200 Å². The highest BCUT2D eigenvalue weighted by atomic mass is 16.6. The Bertz CT molecular complexity index is 827. The highest BCUT2D eigenvalue weighted by molar-refractivity contribution is 5.70. The van der Waals surface area contributed by atoms with Gasteiger partial charge in [0, 0.05) is 12.8 Å². The summed E-state index contributed by atoms with van der Waals surface area (Å²) in [6, 6.07) is 0. The molecule has 284 valence electrons. The van der Waals surface area contributed by atoms with Crippen molar-refractivity contribution in [2.75, 3.05) is 13.2 Å². The third-order valence-electron chi connectivity index (χ3n) is 8.85. The zero-order valence-corrected chi connectivity index (χ0v) is 32.2. The quantitative estimate of drug-likeness (QED) is 0.0400. The maximum absolute atomic E-state index is 12.2. The minimum Gasteiger partial charge on any atom is -0.462 e. The van der Waals surface area contributed by atoms with E-state index in [0.29, 0.717) is 12.8 Å². The minimum atomic E-state index is -0.781. The highest BCUT2D eigenvalue weighted by Crippen LogP contribution is 2.12. The van der Waals surface area contributed by atoms with E-state index in [1.165, 1.54) is 109 Å². The SMILES string of the molecule is CCCCCCC/C=C\C/C=C\C/C=C\CCCCCCCCC(=O)OC(CO)COC(=O)CCCCCCC/C=C\CCCCCCC. The number of hydrogen-bond acceptors (Lipinski definition) is 5.